The van der Waals surface area contributed by atoms with Gasteiger partial charge in [-0.1, -0.05) is 12.1 Å². The van der Waals surface area contributed by atoms with Gasteiger partial charge in [-0.15, -0.1) is 0 Å². The minimum absolute atomic E-state index is 0.182. The van der Waals surface area contributed by atoms with E-state index < -0.39 is 61.6 Å². The second-order valence-electron chi connectivity index (χ2n) is 7.51. The lowest BCUT2D eigenvalue weighted by Crippen LogP contribution is -2.14. The zero-order valence-electron chi connectivity index (χ0n) is 17.7. The lowest BCUT2D eigenvalue weighted by atomic mass is 9.98. The molecule has 0 aliphatic heterocycles. The van der Waals surface area contributed by atoms with E-state index in [1.54, 1.807) is 0 Å². The van der Waals surface area contributed by atoms with Crippen LogP contribution in [0.15, 0.2) is 53.6 Å². The van der Waals surface area contributed by atoms with E-state index in [0.717, 1.165) is 24.3 Å². The van der Waals surface area contributed by atoms with Gasteiger partial charge in [0.1, 0.15) is 4.90 Å². The number of fused-ring (bicyclic) bond motifs is 1. The fourth-order valence-electron chi connectivity index (χ4n) is 3.45. The Bertz CT molecular complexity index is 1610. The summed E-state index contributed by atoms with van der Waals surface area (Å²) in [5.41, 5.74) is -0.107. The summed E-state index contributed by atoms with van der Waals surface area (Å²) in [6.45, 7) is 1.43. The molecule has 0 fully saturated rings. The molecule has 188 valence electrons. The molecule has 0 amide bonds. The predicted octanol–water partition coefficient (Wildman–Crippen LogP) is 6.69. The zero-order valence-corrected chi connectivity index (χ0v) is 18.5. The number of benzene rings is 3. The van der Waals surface area contributed by atoms with E-state index in [1.165, 1.54) is 31.3 Å². The first kappa shape index (κ1) is 25.4. The van der Waals surface area contributed by atoms with E-state index in [9.17, 15) is 43.5 Å². The number of aryl methyl sites for hydroxylation is 1. The largest absolute Gasteiger partial charge is 0.416 e. The minimum Gasteiger partial charge on any atom is -0.372 e. The highest BCUT2D eigenvalue weighted by atomic mass is 32.2. The topological polar surface area (TPSA) is 56.3 Å². The number of alkyl halides is 3. The number of halogens is 8. The highest BCUT2D eigenvalue weighted by Gasteiger charge is 2.32. The third-order valence-electron chi connectivity index (χ3n) is 5.20. The van der Waals surface area contributed by atoms with Gasteiger partial charge in [0.05, 0.1) is 11.3 Å². The van der Waals surface area contributed by atoms with Gasteiger partial charge >= 0.3 is 16.3 Å². The molecule has 0 radical (unpaired) electrons. The summed E-state index contributed by atoms with van der Waals surface area (Å²) in [5, 5.41) is 0.483. The van der Waals surface area contributed by atoms with Crippen molar-refractivity contribution in [3.8, 4) is 17.0 Å². The molecule has 0 spiro atoms. The first-order valence-electron chi connectivity index (χ1n) is 9.75. The summed E-state index contributed by atoms with van der Waals surface area (Å²) < 4.78 is 136. The van der Waals surface area contributed by atoms with Gasteiger partial charge in [0.15, 0.2) is 0 Å². The number of hydrogen-bond donors (Lipinski definition) is 0. The van der Waals surface area contributed by atoms with Crippen LogP contribution in [0.2, 0.25) is 0 Å². The van der Waals surface area contributed by atoms with E-state index >= 15 is 0 Å². The fourth-order valence-corrected chi connectivity index (χ4v) is 4.42. The lowest BCUT2D eigenvalue weighted by Gasteiger charge is -2.13. The Labute approximate surface area is 197 Å². The van der Waals surface area contributed by atoms with Crippen LogP contribution in [0.3, 0.4) is 0 Å². The van der Waals surface area contributed by atoms with Crippen LogP contribution in [0.1, 0.15) is 11.1 Å². The summed E-state index contributed by atoms with van der Waals surface area (Å²) in [5.74, 6) is -14.2. The van der Waals surface area contributed by atoms with Gasteiger partial charge in [-0.05, 0) is 48.2 Å². The molecule has 4 nitrogen and oxygen atoms in total. The Balaban J connectivity index is 1.78. The third kappa shape index (κ3) is 4.34. The van der Waals surface area contributed by atoms with Gasteiger partial charge < -0.3 is 4.18 Å². The first-order valence-corrected chi connectivity index (χ1v) is 11.2. The van der Waals surface area contributed by atoms with Crippen LogP contribution in [0.25, 0.3) is 22.0 Å². The average Bonchev–Trinajstić information content (AvgIpc) is 2.83. The van der Waals surface area contributed by atoms with Crippen LogP contribution < -0.4 is 4.18 Å². The molecule has 36 heavy (non-hydrogen) atoms. The van der Waals surface area contributed by atoms with Crippen molar-refractivity contribution in [3.63, 3.8) is 0 Å². The Kier molecular flexibility index (Phi) is 6.15. The van der Waals surface area contributed by atoms with Crippen LogP contribution in [0.5, 0.6) is 5.75 Å². The van der Waals surface area contributed by atoms with Crippen molar-refractivity contribution in [1.29, 1.82) is 0 Å². The molecular weight excluding hydrogens is 522 g/mol. The van der Waals surface area contributed by atoms with E-state index in [1.807, 2.05) is 0 Å². The highest BCUT2D eigenvalue weighted by Crippen LogP contribution is 2.36. The number of hydrogen-bond acceptors (Lipinski definition) is 4. The standard InChI is InChI=1S/C23H11F8NO3S/c1-10-8-12(23(29,30)31)2-4-14(10)21-15-5-3-13(9-11(15)6-7-32-21)36(33,34)35-22-19(27)17(25)16(24)18(26)20(22)28/h2-9H,1H3. The number of pyridine rings is 1. The second-order valence-corrected chi connectivity index (χ2v) is 9.05. The maximum atomic E-state index is 13.9. The van der Waals surface area contributed by atoms with Crippen LogP contribution in [-0.2, 0) is 16.3 Å². The number of aromatic nitrogens is 1. The molecule has 3 aromatic carbocycles. The second kappa shape index (κ2) is 8.73. The summed E-state index contributed by atoms with van der Waals surface area (Å²) in [4.78, 5) is 3.47. The Morgan fingerprint density at radius 1 is 0.806 bits per heavy atom. The Morgan fingerprint density at radius 3 is 2.00 bits per heavy atom. The SMILES string of the molecule is Cc1cc(C(F)(F)F)ccc1-c1nccc2cc(S(=O)(=O)Oc3c(F)c(F)c(F)c(F)c3F)ccc12. The molecule has 0 saturated carbocycles. The van der Waals surface area contributed by atoms with Gasteiger partial charge in [0, 0.05) is 17.1 Å². The lowest BCUT2D eigenvalue weighted by molar-refractivity contribution is -0.137. The molecule has 4 rings (SSSR count). The van der Waals surface area contributed by atoms with Gasteiger partial charge in [0.2, 0.25) is 34.8 Å². The van der Waals surface area contributed by atoms with Crippen molar-refractivity contribution >= 4 is 20.9 Å². The minimum atomic E-state index is -5.08. The monoisotopic (exact) mass is 533 g/mol. The first-order chi connectivity index (χ1) is 16.7. The smallest absolute Gasteiger partial charge is 0.372 e. The molecule has 1 aromatic heterocycles. The third-order valence-corrected chi connectivity index (χ3v) is 6.41. The van der Waals surface area contributed by atoms with Crippen LogP contribution >= 0.6 is 0 Å². The van der Waals surface area contributed by atoms with Crippen molar-refractivity contribution in [3.05, 3.63) is 88.9 Å². The van der Waals surface area contributed by atoms with E-state index in [4.69, 9.17) is 0 Å². The molecule has 0 aliphatic carbocycles. The zero-order chi connectivity index (χ0) is 26.6. The summed E-state index contributed by atoms with van der Waals surface area (Å²) in [6.07, 6.45) is -3.32. The van der Waals surface area contributed by atoms with E-state index in [-0.39, 0.29) is 16.6 Å². The van der Waals surface area contributed by atoms with Crippen LogP contribution in [0, 0.1) is 36.0 Å². The van der Waals surface area contributed by atoms with E-state index in [0.29, 0.717) is 10.9 Å². The van der Waals surface area contributed by atoms with Crippen molar-refractivity contribution in [2.75, 3.05) is 0 Å². The van der Waals surface area contributed by atoms with Crippen molar-refractivity contribution in [2.45, 2.75) is 18.0 Å². The Morgan fingerprint density at radius 2 is 1.42 bits per heavy atom. The highest BCUT2D eigenvalue weighted by molar-refractivity contribution is 7.87. The molecule has 0 N–H and O–H groups in total. The quantitative estimate of drug-likeness (QED) is 0.127. The van der Waals surface area contributed by atoms with Gasteiger partial charge in [-0.25, -0.2) is 13.2 Å². The molecule has 0 atom stereocenters. The van der Waals surface area contributed by atoms with E-state index in [2.05, 4.69) is 9.17 Å². The van der Waals surface area contributed by atoms with Crippen LogP contribution in [0.4, 0.5) is 35.1 Å². The summed E-state index contributed by atoms with van der Waals surface area (Å²) in [7, 11) is -5.08. The normalized spacial score (nSPS) is 12.2. The maximum Gasteiger partial charge on any atom is 0.416 e. The number of rotatable bonds is 4. The van der Waals surface area contributed by atoms with Gasteiger partial charge in [-0.2, -0.15) is 30.4 Å². The molecule has 4 aromatic rings. The molecule has 0 unspecified atom stereocenters. The molecule has 0 aliphatic rings. The number of nitrogens with zero attached hydrogens (tertiary/aromatic N) is 1. The summed E-state index contributed by atoms with van der Waals surface area (Å²) in [6, 6.07) is 7.46. The van der Waals surface area contributed by atoms with Crippen molar-refractivity contribution in [1.82, 2.24) is 4.98 Å². The van der Waals surface area contributed by atoms with Gasteiger partial charge in [-0.3, -0.25) is 4.98 Å². The maximum absolute atomic E-state index is 13.9. The van der Waals surface area contributed by atoms with Crippen molar-refractivity contribution in [2.24, 2.45) is 0 Å². The predicted molar refractivity (Wildman–Crippen MR) is 111 cm³/mol. The van der Waals surface area contributed by atoms with Crippen LogP contribution in [-0.4, -0.2) is 13.4 Å². The Hall–Kier alpha value is -3.74. The molecule has 1 heterocycles. The molecule has 0 bridgehead atoms. The van der Waals surface area contributed by atoms with Crippen molar-refractivity contribution < 1.29 is 47.7 Å². The summed E-state index contributed by atoms with van der Waals surface area (Å²) >= 11 is 0. The fraction of sp³-hybridized carbons (Fsp3) is 0.0870. The molecule has 0 saturated heterocycles. The molecule has 13 heteroatoms. The average molecular weight is 533 g/mol. The van der Waals surface area contributed by atoms with Gasteiger partial charge in [0.25, 0.3) is 0 Å². The molecular formula is C23H11F8NO3S.